The van der Waals surface area contributed by atoms with Gasteiger partial charge in [-0.1, -0.05) is 35.9 Å². The van der Waals surface area contributed by atoms with Crippen LogP contribution in [0.2, 0.25) is 5.02 Å². The van der Waals surface area contributed by atoms with Crippen molar-refractivity contribution < 1.29 is 23.9 Å². The molecule has 0 unspecified atom stereocenters. The molecule has 3 amide bonds. The van der Waals surface area contributed by atoms with E-state index in [1.54, 1.807) is 36.4 Å². The van der Waals surface area contributed by atoms with Crippen LogP contribution < -0.4 is 10.2 Å². The predicted molar refractivity (Wildman–Crippen MR) is 106 cm³/mol. The lowest BCUT2D eigenvalue weighted by Gasteiger charge is -2.16. The van der Waals surface area contributed by atoms with Crippen LogP contribution in [0.5, 0.6) is 0 Å². The van der Waals surface area contributed by atoms with Gasteiger partial charge in [0.05, 0.1) is 11.3 Å². The molecule has 1 fully saturated rings. The van der Waals surface area contributed by atoms with Gasteiger partial charge in [-0.05, 0) is 36.8 Å². The number of halogens is 1. The van der Waals surface area contributed by atoms with Gasteiger partial charge in [-0.25, -0.2) is 4.79 Å². The molecule has 0 saturated carbocycles. The van der Waals surface area contributed by atoms with E-state index in [0.717, 1.165) is 10.5 Å². The highest BCUT2D eigenvalue weighted by Gasteiger charge is 2.30. The minimum Gasteiger partial charge on any atom is -0.449 e. The molecule has 1 heterocycles. The van der Waals surface area contributed by atoms with Crippen molar-refractivity contribution in [3.05, 3.63) is 64.7 Å². The molecule has 1 aliphatic rings. The van der Waals surface area contributed by atoms with Crippen LogP contribution in [0, 0.1) is 0 Å². The molecular weight excluding hydrogens is 396 g/mol. The number of esters is 1. The van der Waals surface area contributed by atoms with Crippen LogP contribution >= 0.6 is 11.6 Å². The minimum atomic E-state index is -1.04. The lowest BCUT2D eigenvalue weighted by molar-refractivity contribution is -0.129. The van der Waals surface area contributed by atoms with E-state index in [1.807, 2.05) is 0 Å². The third kappa shape index (κ3) is 4.81. The molecule has 0 spiro atoms. The van der Waals surface area contributed by atoms with Gasteiger partial charge in [0, 0.05) is 24.4 Å². The topological polar surface area (TPSA) is 92.8 Å². The van der Waals surface area contributed by atoms with Crippen molar-refractivity contribution in [1.82, 2.24) is 5.32 Å². The third-order valence-corrected chi connectivity index (χ3v) is 4.82. The average molecular weight is 415 g/mol. The summed E-state index contributed by atoms with van der Waals surface area (Å²) in [5.41, 5.74) is 1.19. The van der Waals surface area contributed by atoms with Gasteiger partial charge in [-0.3, -0.25) is 19.3 Å². The predicted octanol–water partition coefficient (Wildman–Crippen LogP) is 2.86. The number of hydrogen-bond donors (Lipinski definition) is 1. The van der Waals surface area contributed by atoms with Crippen molar-refractivity contribution in [3.8, 4) is 0 Å². The zero-order valence-corrected chi connectivity index (χ0v) is 16.4. The van der Waals surface area contributed by atoms with Gasteiger partial charge >= 0.3 is 5.97 Å². The lowest BCUT2D eigenvalue weighted by Crippen LogP contribution is -2.35. The summed E-state index contributed by atoms with van der Waals surface area (Å²) >= 11 is 6.05. The molecule has 1 saturated heterocycles. The molecule has 8 heteroatoms. The second kappa shape index (κ2) is 8.87. The van der Waals surface area contributed by atoms with Crippen LogP contribution in [0.3, 0.4) is 0 Å². The maximum Gasteiger partial charge on any atom is 0.338 e. The van der Waals surface area contributed by atoms with Crippen molar-refractivity contribution in [2.24, 2.45) is 0 Å². The van der Waals surface area contributed by atoms with Gasteiger partial charge in [0.2, 0.25) is 11.8 Å². The number of carbonyl (C=O) groups is 4. The standard InChI is InChI=1S/C21H19ClN2O5/c1-13(20(27)23-12-15-5-2-3-8-17(15)22)29-21(28)14-6-4-7-16(11-14)24-18(25)9-10-19(24)26/h2-8,11,13H,9-10,12H2,1H3,(H,23,27)/t13-/m1/s1. The number of anilines is 1. The van der Waals surface area contributed by atoms with Crippen molar-refractivity contribution in [2.45, 2.75) is 32.4 Å². The molecule has 1 atom stereocenters. The Morgan fingerprint density at radius 1 is 1.10 bits per heavy atom. The van der Waals surface area contributed by atoms with Crippen molar-refractivity contribution in [2.75, 3.05) is 4.90 Å². The van der Waals surface area contributed by atoms with E-state index < -0.39 is 18.0 Å². The lowest BCUT2D eigenvalue weighted by atomic mass is 10.2. The molecular formula is C21H19ClN2O5. The summed E-state index contributed by atoms with van der Waals surface area (Å²) in [6.45, 7) is 1.66. The summed E-state index contributed by atoms with van der Waals surface area (Å²) in [6.07, 6.45) is -0.740. The van der Waals surface area contributed by atoms with E-state index in [9.17, 15) is 19.2 Å². The Hall–Kier alpha value is -3.19. The molecule has 3 rings (SSSR count). The number of rotatable bonds is 6. The fourth-order valence-corrected chi connectivity index (χ4v) is 3.09. The first-order valence-electron chi connectivity index (χ1n) is 9.05. The van der Waals surface area contributed by atoms with Crippen molar-refractivity contribution in [3.63, 3.8) is 0 Å². The molecule has 2 aromatic rings. The van der Waals surface area contributed by atoms with Gasteiger partial charge in [-0.15, -0.1) is 0 Å². The van der Waals surface area contributed by atoms with Crippen molar-refractivity contribution >= 4 is 41.0 Å². The highest BCUT2D eigenvalue weighted by molar-refractivity contribution is 6.31. The molecule has 0 aliphatic carbocycles. The second-order valence-corrected chi connectivity index (χ2v) is 6.94. The van der Waals surface area contributed by atoms with Crippen LogP contribution in [-0.4, -0.2) is 29.8 Å². The molecule has 1 N–H and O–H groups in total. The molecule has 0 bridgehead atoms. The Morgan fingerprint density at radius 3 is 2.48 bits per heavy atom. The zero-order chi connectivity index (χ0) is 21.0. The highest BCUT2D eigenvalue weighted by atomic mass is 35.5. The summed E-state index contributed by atoms with van der Waals surface area (Å²) in [5.74, 6) is -1.83. The number of hydrogen-bond acceptors (Lipinski definition) is 5. The largest absolute Gasteiger partial charge is 0.449 e. The molecule has 0 radical (unpaired) electrons. The van der Waals surface area contributed by atoms with E-state index in [-0.39, 0.29) is 36.8 Å². The number of nitrogens with one attached hydrogen (secondary N) is 1. The first kappa shape index (κ1) is 20.5. The fraction of sp³-hybridized carbons (Fsp3) is 0.238. The van der Waals surface area contributed by atoms with Crippen LogP contribution in [0.25, 0.3) is 0 Å². The fourth-order valence-electron chi connectivity index (χ4n) is 2.89. The number of nitrogens with zero attached hydrogens (tertiary/aromatic N) is 1. The summed E-state index contributed by atoms with van der Waals surface area (Å²) < 4.78 is 5.22. The summed E-state index contributed by atoms with van der Waals surface area (Å²) in [5, 5.41) is 3.19. The first-order valence-corrected chi connectivity index (χ1v) is 9.42. The smallest absolute Gasteiger partial charge is 0.338 e. The molecule has 7 nitrogen and oxygen atoms in total. The first-order chi connectivity index (χ1) is 13.9. The Labute approximate surface area is 172 Å². The summed E-state index contributed by atoms with van der Waals surface area (Å²) in [7, 11) is 0. The summed E-state index contributed by atoms with van der Waals surface area (Å²) in [4.78, 5) is 49.4. The number of benzene rings is 2. The van der Waals surface area contributed by atoms with Crippen molar-refractivity contribution in [1.29, 1.82) is 0 Å². The van der Waals surface area contributed by atoms with E-state index in [0.29, 0.717) is 10.7 Å². The number of imide groups is 1. The van der Waals surface area contributed by atoms with Crippen LogP contribution in [0.15, 0.2) is 48.5 Å². The molecule has 150 valence electrons. The van der Waals surface area contributed by atoms with Crippen LogP contribution in [0.1, 0.15) is 35.7 Å². The monoisotopic (exact) mass is 414 g/mol. The van der Waals surface area contributed by atoms with Gasteiger partial charge in [0.1, 0.15) is 0 Å². The Morgan fingerprint density at radius 2 is 1.79 bits per heavy atom. The quantitative estimate of drug-likeness (QED) is 0.579. The molecule has 1 aliphatic heterocycles. The average Bonchev–Trinajstić information content (AvgIpc) is 3.05. The number of carbonyl (C=O) groups excluding carboxylic acids is 4. The van der Waals surface area contributed by atoms with Gasteiger partial charge in [-0.2, -0.15) is 0 Å². The van der Waals surface area contributed by atoms with Gasteiger partial charge < -0.3 is 10.1 Å². The Bertz CT molecular complexity index is 959. The van der Waals surface area contributed by atoms with Gasteiger partial charge in [0.15, 0.2) is 6.10 Å². The zero-order valence-electron chi connectivity index (χ0n) is 15.7. The van der Waals surface area contributed by atoms with E-state index in [2.05, 4.69) is 5.32 Å². The van der Waals surface area contributed by atoms with E-state index >= 15 is 0 Å². The molecule has 29 heavy (non-hydrogen) atoms. The van der Waals surface area contributed by atoms with Gasteiger partial charge in [0.25, 0.3) is 5.91 Å². The minimum absolute atomic E-state index is 0.140. The number of ether oxygens (including phenoxy) is 1. The Balaban J connectivity index is 1.61. The maximum atomic E-state index is 12.4. The third-order valence-electron chi connectivity index (χ3n) is 4.46. The normalized spacial score (nSPS) is 14.6. The van der Waals surface area contributed by atoms with Crippen LogP contribution in [-0.2, 0) is 25.7 Å². The van der Waals surface area contributed by atoms with Crippen LogP contribution in [0.4, 0.5) is 5.69 Å². The molecule has 0 aromatic heterocycles. The maximum absolute atomic E-state index is 12.4. The SMILES string of the molecule is C[C@@H](OC(=O)c1cccc(N2C(=O)CCC2=O)c1)C(=O)NCc1ccccc1Cl. The van der Waals surface area contributed by atoms with E-state index in [4.69, 9.17) is 16.3 Å². The Kier molecular flexibility index (Phi) is 6.29. The number of amides is 3. The highest BCUT2D eigenvalue weighted by Crippen LogP contribution is 2.24. The second-order valence-electron chi connectivity index (χ2n) is 6.53. The summed E-state index contributed by atoms with van der Waals surface area (Å²) in [6, 6.07) is 13.1. The van der Waals surface area contributed by atoms with E-state index in [1.165, 1.54) is 19.1 Å². The molecule has 2 aromatic carbocycles.